The summed E-state index contributed by atoms with van der Waals surface area (Å²) in [7, 11) is -0.611. The highest BCUT2D eigenvalue weighted by Crippen LogP contribution is 2.24. The summed E-state index contributed by atoms with van der Waals surface area (Å²) in [5.41, 5.74) is 1.27. The smallest absolute Gasteiger partial charge is 0.242 e. The summed E-state index contributed by atoms with van der Waals surface area (Å²) in [6, 6.07) is 4.68. The lowest BCUT2D eigenvalue weighted by Crippen LogP contribution is -2.22. The fourth-order valence-electron chi connectivity index (χ4n) is 1.76. The SMILES string of the molecule is Cc1nnc(SCC(=O)Nc2cc(S(=O)(=O)N(C)C)ccc2C)s1. The van der Waals surface area contributed by atoms with E-state index < -0.39 is 10.0 Å². The van der Waals surface area contributed by atoms with E-state index in [2.05, 4.69) is 15.5 Å². The van der Waals surface area contributed by atoms with Crippen LogP contribution in [0.15, 0.2) is 27.4 Å². The molecule has 130 valence electrons. The van der Waals surface area contributed by atoms with Crippen LogP contribution in [-0.4, -0.2) is 48.7 Å². The van der Waals surface area contributed by atoms with Gasteiger partial charge >= 0.3 is 0 Å². The fourth-order valence-corrected chi connectivity index (χ4v) is 4.30. The molecule has 2 rings (SSSR count). The van der Waals surface area contributed by atoms with Crippen molar-refractivity contribution in [1.82, 2.24) is 14.5 Å². The van der Waals surface area contributed by atoms with E-state index >= 15 is 0 Å². The zero-order valence-electron chi connectivity index (χ0n) is 13.7. The summed E-state index contributed by atoms with van der Waals surface area (Å²) in [4.78, 5) is 12.2. The number of hydrogen-bond donors (Lipinski definition) is 1. The summed E-state index contributed by atoms with van der Waals surface area (Å²) in [5.74, 6) is -0.0472. The van der Waals surface area contributed by atoms with E-state index in [1.807, 2.05) is 13.8 Å². The third kappa shape index (κ3) is 4.53. The quantitative estimate of drug-likeness (QED) is 0.765. The Morgan fingerprint density at radius 3 is 2.58 bits per heavy atom. The lowest BCUT2D eigenvalue weighted by molar-refractivity contribution is -0.113. The van der Waals surface area contributed by atoms with Crippen molar-refractivity contribution in [3.05, 3.63) is 28.8 Å². The normalized spacial score (nSPS) is 11.7. The third-order valence-corrected chi connectivity index (χ3v) is 6.88. The number of rotatable bonds is 6. The molecule has 0 aliphatic rings. The first-order chi connectivity index (χ1) is 11.2. The van der Waals surface area contributed by atoms with Crippen LogP contribution in [0.25, 0.3) is 0 Å². The van der Waals surface area contributed by atoms with Gasteiger partial charge in [-0.15, -0.1) is 10.2 Å². The van der Waals surface area contributed by atoms with Crippen molar-refractivity contribution in [3.63, 3.8) is 0 Å². The van der Waals surface area contributed by atoms with Gasteiger partial charge in [-0.1, -0.05) is 29.2 Å². The maximum absolute atomic E-state index is 12.2. The third-order valence-electron chi connectivity index (χ3n) is 3.10. The summed E-state index contributed by atoms with van der Waals surface area (Å²) in [6.07, 6.45) is 0. The molecule has 0 aliphatic heterocycles. The molecule has 7 nitrogen and oxygen atoms in total. The Kier molecular flexibility index (Phi) is 5.97. The Morgan fingerprint density at radius 2 is 2.00 bits per heavy atom. The molecule has 0 radical (unpaired) electrons. The fraction of sp³-hybridized carbons (Fsp3) is 0.357. The van der Waals surface area contributed by atoms with Crippen molar-refractivity contribution in [1.29, 1.82) is 0 Å². The molecule has 0 fully saturated rings. The van der Waals surface area contributed by atoms with Gasteiger partial charge in [-0.05, 0) is 31.5 Å². The van der Waals surface area contributed by atoms with Gasteiger partial charge < -0.3 is 5.32 Å². The van der Waals surface area contributed by atoms with Crippen molar-refractivity contribution in [2.75, 3.05) is 25.2 Å². The van der Waals surface area contributed by atoms with E-state index in [9.17, 15) is 13.2 Å². The van der Waals surface area contributed by atoms with Gasteiger partial charge in [0.1, 0.15) is 5.01 Å². The van der Waals surface area contributed by atoms with Gasteiger partial charge in [0.25, 0.3) is 0 Å². The molecule has 0 unspecified atom stereocenters. The maximum Gasteiger partial charge on any atom is 0.242 e. The maximum atomic E-state index is 12.2. The van der Waals surface area contributed by atoms with E-state index in [0.29, 0.717) is 5.69 Å². The molecule has 0 bridgehead atoms. The lowest BCUT2D eigenvalue weighted by Gasteiger charge is -2.14. The zero-order valence-corrected chi connectivity index (χ0v) is 16.2. The van der Waals surface area contributed by atoms with Crippen LogP contribution in [0, 0.1) is 13.8 Å². The Morgan fingerprint density at radius 1 is 1.29 bits per heavy atom. The van der Waals surface area contributed by atoms with Crippen molar-refractivity contribution in [3.8, 4) is 0 Å². The summed E-state index contributed by atoms with van der Waals surface area (Å²) in [5, 5.41) is 11.4. The number of anilines is 1. The molecule has 0 spiro atoms. The second kappa shape index (κ2) is 7.60. The Bertz CT molecular complexity index is 847. The number of aromatic nitrogens is 2. The van der Waals surface area contributed by atoms with E-state index in [0.717, 1.165) is 19.2 Å². The van der Waals surface area contributed by atoms with Crippen LogP contribution in [0.3, 0.4) is 0 Å². The lowest BCUT2D eigenvalue weighted by atomic mass is 10.2. The number of nitrogens with one attached hydrogen (secondary N) is 1. The predicted octanol–water partition coefficient (Wildman–Crippen LogP) is 2.14. The Balaban J connectivity index is 2.10. The molecule has 1 aromatic heterocycles. The zero-order chi connectivity index (χ0) is 17.9. The van der Waals surface area contributed by atoms with Crippen LogP contribution < -0.4 is 5.32 Å². The van der Waals surface area contributed by atoms with E-state index in [1.165, 1.54) is 49.3 Å². The highest BCUT2D eigenvalue weighted by Gasteiger charge is 2.18. The number of carbonyl (C=O) groups excluding carboxylic acids is 1. The van der Waals surface area contributed by atoms with Gasteiger partial charge in [0, 0.05) is 19.8 Å². The first-order valence-corrected chi connectivity index (χ1v) is 10.2. The van der Waals surface area contributed by atoms with Gasteiger partial charge in [-0.3, -0.25) is 4.79 Å². The van der Waals surface area contributed by atoms with Gasteiger partial charge in [0.2, 0.25) is 15.9 Å². The number of hydrogen-bond acceptors (Lipinski definition) is 7. The topological polar surface area (TPSA) is 92.3 Å². The van der Waals surface area contributed by atoms with Crippen molar-refractivity contribution < 1.29 is 13.2 Å². The van der Waals surface area contributed by atoms with Crippen molar-refractivity contribution in [2.24, 2.45) is 0 Å². The number of thioether (sulfide) groups is 1. The van der Waals surface area contributed by atoms with Gasteiger partial charge in [0.15, 0.2) is 4.34 Å². The molecule has 10 heteroatoms. The van der Waals surface area contributed by atoms with Crippen LogP contribution in [0.5, 0.6) is 0 Å². The molecular weight excluding hydrogens is 368 g/mol. The Hall–Kier alpha value is -1.49. The highest BCUT2D eigenvalue weighted by molar-refractivity contribution is 8.01. The average molecular weight is 387 g/mol. The van der Waals surface area contributed by atoms with E-state index in [4.69, 9.17) is 0 Å². The highest BCUT2D eigenvalue weighted by atomic mass is 32.2. The predicted molar refractivity (Wildman–Crippen MR) is 96.1 cm³/mol. The molecule has 1 heterocycles. The van der Waals surface area contributed by atoms with Crippen molar-refractivity contribution in [2.45, 2.75) is 23.1 Å². The summed E-state index contributed by atoms with van der Waals surface area (Å²) < 4.78 is 26.2. The standard InChI is InChI=1S/C14H18N4O3S3/c1-9-5-6-11(24(20,21)18(3)4)7-12(9)15-13(19)8-22-14-17-16-10(2)23-14/h5-7H,8H2,1-4H3,(H,15,19). The minimum atomic E-state index is -3.54. The second-order valence-corrected chi connectivity index (χ2v) is 9.74. The van der Waals surface area contributed by atoms with Crippen LogP contribution in [0.4, 0.5) is 5.69 Å². The molecule has 1 N–H and O–H groups in total. The number of carbonyl (C=O) groups is 1. The molecule has 0 aliphatic carbocycles. The first kappa shape index (κ1) is 18.8. The van der Waals surface area contributed by atoms with Gasteiger partial charge in [-0.2, -0.15) is 0 Å². The second-order valence-electron chi connectivity index (χ2n) is 5.19. The molecule has 24 heavy (non-hydrogen) atoms. The molecule has 1 amide bonds. The number of nitrogens with zero attached hydrogens (tertiary/aromatic N) is 3. The number of amides is 1. The van der Waals surface area contributed by atoms with Gasteiger partial charge in [0.05, 0.1) is 10.6 Å². The average Bonchev–Trinajstić information content (AvgIpc) is 2.92. The molecule has 0 saturated carbocycles. The minimum absolute atomic E-state index is 0.140. The number of sulfonamides is 1. The van der Waals surface area contributed by atoms with E-state index in [1.54, 1.807) is 6.07 Å². The minimum Gasteiger partial charge on any atom is -0.325 e. The summed E-state index contributed by atoms with van der Waals surface area (Å²) >= 11 is 2.72. The Labute approximate surface area is 149 Å². The van der Waals surface area contributed by atoms with E-state index in [-0.39, 0.29) is 16.6 Å². The molecule has 0 atom stereocenters. The van der Waals surface area contributed by atoms with Crippen LogP contribution in [0.2, 0.25) is 0 Å². The largest absolute Gasteiger partial charge is 0.325 e. The van der Waals surface area contributed by atoms with Crippen LogP contribution >= 0.6 is 23.1 Å². The molecule has 2 aromatic rings. The van der Waals surface area contributed by atoms with Gasteiger partial charge in [-0.25, -0.2) is 12.7 Å². The number of benzene rings is 1. The monoisotopic (exact) mass is 386 g/mol. The molecule has 1 aromatic carbocycles. The van der Waals surface area contributed by atoms with Crippen LogP contribution in [0.1, 0.15) is 10.6 Å². The van der Waals surface area contributed by atoms with Crippen LogP contribution in [-0.2, 0) is 14.8 Å². The molecule has 0 saturated heterocycles. The van der Waals surface area contributed by atoms with Crippen molar-refractivity contribution >= 4 is 44.7 Å². The molecular formula is C14H18N4O3S3. The first-order valence-electron chi connectivity index (χ1n) is 6.96. The number of aryl methyl sites for hydroxylation is 2. The summed E-state index contributed by atoms with van der Waals surface area (Å²) in [6.45, 7) is 3.66.